The van der Waals surface area contributed by atoms with Gasteiger partial charge in [0, 0.05) is 63.2 Å². The Morgan fingerprint density at radius 1 is 1.12 bits per heavy atom. The molecule has 1 saturated carbocycles. The molecule has 16 heteroatoms. The van der Waals surface area contributed by atoms with Gasteiger partial charge in [-0.25, -0.2) is 15.0 Å². The largest absolute Gasteiger partial charge is 0.474 e. The summed E-state index contributed by atoms with van der Waals surface area (Å²) >= 11 is 0. The molecule has 4 aromatic rings. The molecule has 256 valence electrons. The number of aromatic nitrogens is 7. The summed E-state index contributed by atoms with van der Waals surface area (Å²) in [7, 11) is -1.18. The van der Waals surface area contributed by atoms with E-state index in [0.717, 1.165) is 41.2 Å². The predicted octanol–water partition coefficient (Wildman–Crippen LogP) is 5.22. The third kappa shape index (κ3) is 7.38. The molecule has 1 N–H and O–H groups in total. The third-order valence-corrected chi connectivity index (χ3v) is 10.9. The zero-order valence-electron chi connectivity index (χ0n) is 27.3. The van der Waals surface area contributed by atoms with E-state index >= 15 is 0 Å². The minimum atomic E-state index is -4.74. The molecular weight excluding hydrogens is 643 g/mol. The number of aliphatic hydroxyl groups is 1. The van der Waals surface area contributed by atoms with Crippen molar-refractivity contribution in [1.29, 1.82) is 5.26 Å². The normalized spacial score (nSPS) is 20.0. The fraction of sp³-hybridized carbons (Fsp3) is 0.562. The van der Waals surface area contributed by atoms with E-state index in [1.807, 2.05) is 27.7 Å². The van der Waals surface area contributed by atoms with Gasteiger partial charge in [0.2, 0.25) is 11.7 Å². The molecular formula is C32H40F3N9O3Si. The van der Waals surface area contributed by atoms with Crippen LogP contribution in [0.3, 0.4) is 0 Å². The number of hydrogen-bond acceptors (Lipinski definition) is 10. The monoisotopic (exact) mass is 683 g/mol. The molecule has 0 spiro atoms. The van der Waals surface area contributed by atoms with Gasteiger partial charge >= 0.3 is 6.18 Å². The number of likely N-dealkylation sites (tertiary alicyclic amines) is 1. The molecule has 0 unspecified atom stereocenters. The first-order chi connectivity index (χ1) is 22.9. The van der Waals surface area contributed by atoms with Crippen molar-refractivity contribution in [2.75, 3.05) is 19.7 Å². The highest BCUT2D eigenvalue weighted by molar-refractivity contribution is 6.76. The maximum atomic E-state index is 13.2. The maximum absolute atomic E-state index is 13.2. The Labute approximate surface area is 277 Å². The molecule has 12 nitrogen and oxygen atoms in total. The quantitative estimate of drug-likeness (QED) is 0.156. The van der Waals surface area contributed by atoms with Crippen molar-refractivity contribution < 1.29 is 27.8 Å². The van der Waals surface area contributed by atoms with Crippen LogP contribution in [0.4, 0.5) is 13.2 Å². The van der Waals surface area contributed by atoms with Crippen molar-refractivity contribution in [2.45, 2.75) is 95.0 Å². The molecule has 2 fully saturated rings. The van der Waals surface area contributed by atoms with Crippen LogP contribution in [-0.2, 0) is 29.8 Å². The molecule has 0 radical (unpaired) electrons. The molecule has 1 saturated heterocycles. The highest BCUT2D eigenvalue weighted by Gasteiger charge is 2.48. The molecule has 5 heterocycles. The van der Waals surface area contributed by atoms with Crippen molar-refractivity contribution in [3.63, 3.8) is 0 Å². The predicted molar refractivity (Wildman–Crippen MR) is 172 cm³/mol. The number of nitrogens with zero attached hydrogens (tertiary/aromatic N) is 9. The number of halogens is 3. The second-order valence-electron chi connectivity index (χ2n) is 14.0. The summed E-state index contributed by atoms with van der Waals surface area (Å²) in [4.78, 5) is 18.3. The summed E-state index contributed by atoms with van der Waals surface area (Å²) in [6.07, 6.45) is 5.40. The van der Waals surface area contributed by atoms with E-state index in [1.54, 1.807) is 12.5 Å². The van der Waals surface area contributed by atoms with Gasteiger partial charge in [-0.15, -0.1) is 0 Å². The van der Waals surface area contributed by atoms with Gasteiger partial charge in [0.05, 0.1) is 36.7 Å². The van der Waals surface area contributed by atoms with E-state index in [1.165, 1.54) is 6.07 Å². The van der Waals surface area contributed by atoms with E-state index in [2.05, 4.69) is 50.5 Å². The SMILES string of the molecule is C[Si](C)(C)CCOCn1ccc2c(-c3cnn(C4(CC#N)CN(C5CCC(Oc6cc(CO)nc(C(F)(F)F)n6)CC5)C4)c3)ncnc21. The van der Waals surface area contributed by atoms with Crippen LogP contribution in [0.25, 0.3) is 22.3 Å². The highest BCUT2D eigenvalue weighted by atomic mass is 28.3. The molecule has 2 aliphatic rings. The van der Waals surface area contributed by atoms with Crippen LogP contribution in [0.1, 0.15) is 43.6 Å². The number of aliphatic hydroxyl groups excluding tert-OH is 1. The van der Waals surface area contributed by atoms with Gasteiger partial charge in [-0.3, -0.25) is 9.58 Å². The Bertz CT molecular complexity index is 1770. The van der Waals surface area contributed by atoms with E-state index in [0.29, 0.717) is 45.7 Å². The van der Waals surface area contributed by atoms with Crippen LogP contribution < -0.4 is 4.74 Å². The second-order valence-corrected chi connectivity index (χ2v) is 19.6. The molecule has 4 aromatic heterocycles. The Balaban J connectivity index is 1.08. The fourth-order valence-corrected chi connectivity index (χ4v) is 7.23. The molecule has 0 aromatic carbocycles. The van der Waals surface area contributed by atoms with Crippen LogP contribution in [0, 0.1) is 11.3 Å². The van der Waals surface area contributed by atoms with Gasteiger partial charge in [-0.05, 0) is 37.8 Å². The van der Waals surface area contributed by atoms with E-state index in [-0.39, 0.29) is 23.7 Å². The van der Waals surface area contributed by atoms with Crippen molar-refractivity contribution in [1.82, 2.24) is 39.2 Å². The summed E-state index contributed by atoms with van der Waals surface area (Å²) in [5.74, 6) is -1.51. The lowest BCUT2D eigenvalue weighted by atomic mass is 9.82. The second kappa shape index (κ2) is 13.5. The fourth-order valence-electron chi connectivity index (χ4n) is 6.48. The molecule has 1 aliphatic heterocycles. The number of alkyl halides is 3. The maximum Gasteiger partial charge on any atom is 0.451 e. The lowest BCUT2D eigenvalue weighted by Gasteiger charge is -2.53. The van der Waals surface area contributed by atoms with E-state index in [4.69, 9.17) is 14.6 Å². The first-order valence-corrected chi connectivity index (χ1v) is 19.8. The molecule has 0 bridgehead atoms. The molecule has 6 rings (SSSR count). The van der Waals surface area contributed by atoms with Crippen LogP contribution in [-0.4, -0.2) is 84.2 Å². The zero-order valence-corrected chi connectivity index (χ0v) is 28.3. The van der Waals surface area contributed by atoms with Crippen molar-refractivity contribution >= 4 is 19.1 Å². The first-order valence-electron chi connectivity index (χ1n) is 16.1. The van der Waals surface area contributed by atoms with Gasteiger partial charge in [-0.2, -0.15) is 28.5 Å². The molecule has 1 aliphatic carbocycles. The van der Waals surface area contributed by atoms with Gasteiger partial charge < -0.3 is 19.1 Å². The number of nitriles is 1. The molecule has 0 amide bonds. The van der Waals surface area contributed by atoms with Gasteiger partial charge in [-0.1, -0.05) is 19.6 Å². The smallest absolute Gasteiger partial charge is 0.451 e. The zero-order chi connectivity index (χ0) is 34.1. The minimum Gasteiger partial charge on any atom is -0.474 e. The van der Waals surface area contributed by atoms with Crippen molar-refractivity contribution in [3.8, 4) is 23.2 Å². The Morgan fingerprint density at radius 2 is 1.90 bits per heavy atom. The van der Waals surface area contributed by atoms with Crippen LogP contribution in [0.2, 0.25) is 25.7 Å². The molecule has 0 atom stereocenters. The average molecular weight is 684 g/mol. The summed E-state index contributed by atoms with van der Waals surface area (Å²) < 4.78 is 55.3. The van der Waals surface area contributed by atoms with Crippen LogP contribution in [0.15, 0.2) is 37.1 Å². The van der Waals surface area contributed by atoms with E-state index in [9.17, 15) is 23.5 Å². The van der Waals surface area contributed by atoms with Crippen molar-refractivity contribution in [2.24, 2.45) is 0 Å². The lowest BCUT2D eigenvalue weighted by molar-refractivity contribution is -0.145. The van der Waals surface area contributed by atoms with Crippen LogP contribution >= 0.6 is 0 Å². The van der Waals surface area contributed by atoms with Gasteiger partial charge in [0.25, 0.3) is 0 Å². The first kappa shape index (κ1) is 34.0. The number of hydrogen-bond donors (Lipinski definition) is 1. The van der Waals surface area contributed by atoms with E-state index < -0.39 is 32.2 Å². The topological polar surface area (TPSA) is 140 Å². The minimum absolute atomic E-state index is 0.141. The number of fused-ring (bicyclic) bond motifs is 1. The average Bonchev–Trinajstić information content (AvgIpc) is 3.68. The highest BCUT2D eigenvalue weighted by Crippen LogP contribution is 2.39. The summed E-state index contributed by atoms with van der Waals surface area (Å²) in [6.45, 7) is 8.78. The number of ether oxygens (including phenoxy) is 2. The Morgan fingerprint density at radius 3 is 2.58 bits per heavy atom. The summed E-state index contributed by atoms with van der Waals surface area (Å²) in [6, 6.07) is 6.94. The van der Waals surface area contributed by atoms with Crippen molar-refractivity contribution in [3.05, 3.63) is 48.6 Å². The lowest BCUT2D eigenvalue weighted by Crippen LogP contribution is -2.65. The standard InChI is InChI=1S/C32H40F3N9O3Si/c1-48(2,3)13-12-46-21-42-11-8-26-28(37-20-38-29(26)42)22-15-39-44(16-22)31(9-10-36)18-43(19-31)24-4-6-25(7-5-24)47-27-14-23(17-45)40-30(41-27)32(33,34)35/h8,11,14-16,20,24-25,45H,4-7,9,12-13,17-19,21H2,1-3H3. The molecule has 48 heavy (non-hydrogen) atoms. The Hall–Kier alpha value is -3.91. The summed E-state index contributed by atoms with van der Waals surface area (Å²) in [5, 5.41) is 24.7. The van der Waals surface area contributed by atoms with Gasteiger partial charge in [0.15, 0.2) is 0 Å². The Kier molecular flexibility index (Phi) is 9.58. The summed E-state index contributed by atoms with van der Waals surface area (Å²) in [5.41, 5.74) is 1.79. The number of rotatable bonds is 12. The third-order valence-electron chi connectivity index (χ3n) is 9.15. The van der Waals surface area contributed by atoms with Crippen LogP contribution in [0.5, 0.6) is 5.88 Å². The van der Waals surface area contributed by atoms with Gasteiger partial charge in [0.1, 0.15) is 30.3 Å².